The van der Waals surface area contributed by atoms with E-state index in [9.17, 15) is 4.79 Å². The van der Waals surface area contributed by atoms with Crippen LogP contribution in [0.15, 0.2) is 24.3 Å². The fourth-order valence-corrected chi connectivity index (χ4v) is 4.46. The number of piperidine rings is 1. The van der Waals surface area contributed by atoms with Crippen LogP contribution in [0.1, 0.15) is 44.2 Å². The van der Waals surface area contributed by atoms with Gasteiger partial charge in [0.25, 0.3) is 0 Å². The zero-order chi connectivity index (χ0) is 17.1. The van der Waals surface area contributed by atoms with Crippen LogP contribution < -0.4 is 5.32 Å². The molecule has 0 saturated carbocycles. The summed E-state index contributed by atoms with van der Waals surface area (Å²) in [4.78, 5) is 19.3. The van der Waals surface area contributed by atoms with Crippen molar-refractivity contribution < 1.29 is 4.79 Å². The molecule has 0 spiro atoms. The van der Waals surface area contributed by atoms with Gasteiger partial charge < -0.3 is 10.2 Å². The summed E-state index contributed by atoms with van der Waals surface area (Å²) >= 11 is 1.68. The van der Waals surface area contributed by atoms with Crippen molar-refractivity contribution in [3.05, 3.63) is 29.3 Å². The predicted molar refractivity (Wildman–Crippen MR) is 115 cm³/mol. The zero-order valence-electron chi connectivity index (χ0n) is 15.6. The molecule has 1 N–H and O–H groups in total. The van der Waals surface area contributed by atoms with Crippen molar-refractivity contribution in [3.63, 3.8) is 0 Å². The molecule has 1 amide bonds. The van der Waals surface area contributed by atoms with Gasteiger partial charge in [-0.1, -0.05) is 19.1 Å². The molecule has 0 radical (unpaired) electrons. The Labute approximate surface area is 172 Å². The molecule has 0 bridgehead atoms. The number of carbonyl (C=O) groups is 1. The summed E-state index contributed by atoms with van der Waals surface area (Å²) in [7, 11) is 1.91. The Morgan fingerprint density at radius 2 is 2.08 bits per heavy atom. The number of nitrogens with zero attached hydrogens (tertiary/aromatic N) is 2. The number of aromatic nitrogens is 1. The van der Waals surface area contributed by atoms with Crippen LogP contribution in [0.5, 0.6) is 0 Å². The summed E-state index contributed by atoms with van der Waals surface area (Å²) in [6, 6.07) is 8.17. The number of halogens is 2. The van der Waals surface area contributed by atoms with Crippen LogP contribution in [-0.2, 0) is 4.79 Å². The van der Waals surface area contributed by atoms with Gasteiger partial charge in [0, 0.05) is 13.5 Å². The number of hydrogen-bond acceptors (Lipinski definition) is 4. The van der Waals surface area contributed by atoms with Gasteiger partial charge in [-0.3, -0.25) is 4.79 Å². The lowest BCUT2D eigenvalue weighted by molar-refractivity contribution is -0.133. The van der Waals surface area contributed by atoms with E-state index in [0.717, 1.165) is 23.6 Å². The van der Waals surface area contributed by atoms with E-state index in [2.05, 4.69) is 25.2 Å². The van der Waals surface area contributed by atoms with Gasteiger partial charge in [-0.25, -0.2) is 4.98 Å². The van der Waals surface area contributed by atoms with Crippen LogP contribution in [-0.4, -0.2) is 35.9 Å². The van der Waals surface area contributed by atoms with E-state index >= 15 is 0 Å². The SMILES string of the molecule is CC(CC(=O)N(C)C(C)c1nc2ccccc2s1)C1CCCNC1.Cl.Cl. The number of rotatable bonds is 5. The molecule has 3 rings (SSSR count). The topological polar surface area (TPSA) is 45.2 Å². The number of hydrogen-bond donors (Lipinski definition) is 1. The average molecular weight is 418 g/mol. The van der Waals surface area contributed by atoms with Gasteiger partial charge in [0.05, 0.1) is 16.3 Å². The highest BCUT2D eigenvalue weighted by atomic mass is 35.5. The molecule has 1 saturated heterocycles. The number of fused-ring (bicyclic) bond motifs is 1. The lowest BCUT2D eigenvalue weighted by Crippen LogP contribution is -2.36. The maximum Gasteiger partial charge on any atom is 0.223 e. The highest BCUT2D eigenvalue weighted by Gasteiger charge is 2.26. The lowest BCUT2D eigenvalue weighted by Gasteiger charge is -2.30. The normalized spacial score (nSPS) is 19.1. The van der Waals surface area contributed by atoms with Crippen LogP contribution in [0.4, 0.5) is 0 Å². The van der Waals surface area contributed by atoms with Crippen LogP contribution >= 0.6 is 36.2 Å². The number of para-hydroxylation sites is 1. The van der Waals surface area contributed by atoms with E-state index in [4.69, 9.17) is 4.98 Å². The van der Waals surface area contributed by atoms with Crippen molar-refractivity contribution >= 4 is 52.3 Å². The molecule has 1 aromatic heterocycles. The molecule has 0 aliphatic carbocycles. The Bertz CT molecular complexity index is 670. The van der Waals surface area contributed by atoms with E-state index in [1.54, 1.807) is 11.3 Å². The molecule has 3 atom stereocenters. The first kappa shape index (κ1) is 23.2. The summed E-state index contributed by atoms with van der Waals surface area (Å²) in [5, 5.41) is 4.46. The van der Waals surface area contributed by atoms with Crippen molar-refractivity contribution in [1.82, 2.24) is 15.2 Å². The van der Waals surface area contributed by atoms with Crippen molar-refractivity contribution in [2.45, 2.75) is 39.2 Å². The molecule has 7 heteroatoms. The average Bonchev–Trinajstić information content (AvgIpc) is 3.05. The van der Waals surface area contributed by atoms with Gasteiger partial charge in [0.1, 0.15) is 5.01 Å². The maximum absolute atomic E-state index is 12.7. The molecule has 1 aromatic carbocycles. The molecule has 1 fully saturated rings. The molecular weight excluding hydrogens is 389 g/mol. The van der Waals surface area contributed by atoms with E-state index in [1.165, 1.54) is 17.5 Å². The summed E-state index contributed by atoms with van der Waals surface area (Å²) in [5.74, 6) is 1.27. The minimum Gasteiger partial charge on any atom is -0.337 e. The fourth-order valence-electron chi connectivity index (χ4n) is 3.40. The van der Waals surface area contributed by atoms with Gasteiger partial charge in [0.2, 0.25) is 5.91 Å². The minimum absolute atomic E-state index is 0. The molecular formula is C19H29Cl2N3OS. The third-order valence-corrected chi connectivity index (χ3v) is 6.49. The second kappa shape index (κ2) is 10.5. The van der Waals surface area contributed by atoms with E-state index in [-0.39, 0.29) is 36.8 Å². The third kappa shape index (κ3) is 5.32. The molecule has 2 aromatic rings. The lowest BCUT2D eigenvalue weighted by atomic mass is 9.85. The van der Waals surface area contributed by atoms with Gasteiger partial charge in [-0.15, -0.1) is 36.2 Å². The van der Waals surface area contributed by atoms with E-state index in [0.29, 0.717) is 18.3 Å². The molecule has 3 unspecified atom stereocenters. The molecule has 146 valence electrons. The van der Waals surface area contributed by atoms with Crippen molar-refractivity contribution in [3.8, 4) is 0 Å². The van der Waals surface area contributed by atoms with Gasteiger partial charge in [0.15, 0.2) is 0 Å². The maximum atomic E-state index is 12.7. The monoisotopic (exact) mass is 417 g/mol. The summed E-state index contributed by atoms with van der Waals surface area (Å²) < 4.78 is 1.18. The molecule has 26 heavy (non-hydrogen) atoms. The van der Waals surface area contributed by atoms with Crippen LogP contribution in [0.3, 0.4) is 0 Å². The Kier molecular flexibility index (Phi) is 9.31. The zero-order valence-corrected chi connectivity index (χ0v) is 18.1. The fraction of sp³-hybridized carbons (Fsp3) is 0.579. The predicted octanol–water partition coefficient (Wildman–Crippen LogP) is 4.69. The largest absolute Gasteiger partial charge is 0.337 e. The van der Waals surface area contributed by atoms with E-state index in [1.807, 2.05) is 30.1 Å². The third-order valence-electron chi connectivity index (χ3n) is 5.28. The number of thiazole rings is 1. The Morgan fingerprint density at radius 3 is 2.73 bits per heavy atom. The van der Waals surface area contributed by atoms with Crippen molar-refractivity contribution in [2.24, 2.45) is 11.8 Å². The standard InChI is InChI=1S/C19H27N3OS.2ClH/c1-13(15-7-6-10-20-12-15)11-18(23)22(3)14(2)19-21-16-8-4-5-9-17(16)24-19;;/h4-5,8-9,13-15,20H,6-7,10-12H2,1-3H3;2*1H. The molecule has 2 heterocycles. The molecule has 1 aliphatic rings. The highest BCUT2D eigenvalue weighted by Crippen LogP contribution is 2.30. The van der Waals surface area contributed by atoms with Crippen molar-refractivity contribution in [2.75, 3.05) is 20.1 Å². The summed E-state index contributed by atoms with van der Waals surface area (Å²) in [6.45, 7) is 6.45. The quantitative estimate of drug-likeness (QED) is 0.767. The molecule has 4 nitrogen and oxygen atoms in total. The van der Waals surface area contributed by atoms with Crippen LogP contribution in [0.25, 0.3) is 10.2 Å². The number of amides is 1. The number of carbonyl (C=O) groups excluding carboxylic acids is 1. The Balaban J connectivity index is 0.00000169. The van der Waals surface area contributed by atoms with Crippen LogP contribution in [0.2, 0.25) is 0 Å². The van der Waals surface area contributed by atoms with E-state index < -0.39 is 0 Å². The molecule has 1 aliphatic heterocycles. The number of benzene rings is 1. The Morgan fingerprint density at radius 1 is 1.35 bits per heavy atom. The van der Waals surface area contributed by atoms with Crippen molar-refractivity contribution in [1.29, 1.82) is 0 Å². The Hall–Kier alpha value is -0.880. The van der Waals surface area contributed by atoms with Gasteiger partial charge in [-0.05, 0) is 56.8 Å². The second-order valence-corrected chi connectivity index (χ2v) is 8.05. The summed E-state index contributed by atoms with van der Waals surface area (Å²) in [6.07, 6.45) is 3.08. The van der Waals surface area contributed by atoms with Gasteiger partial charge in [-0.2, -0.15) is 0 Å². The van der Waals surface area contributed by atoms with Crippen LogP contribution in [0, 0.1) is 11.8 Å². The first-order valence-electron chi connectivity index (χ1n) is 8.88. The second-order valence-electron chi connectivity index (χ2n) is 6.99. The first-order valence-corrected chi connectivity index (χ1v) is 9.69. The first-order chi connectivity index (χ1) is 11.6. The minimum atomic E-state index is 0. The summed E-state index contributed by atoms with van der Waals surface area (Å²) in [5.41, 5.74) is 1.02. The number of nitrogens with one attached hydrogen (secondary N) is 1. The highest BCUT2D eigenvalue weighted by molar-refractivity contribution is 7.18. The smallest absolute Gasteiger partial charge is 0.223 e. The van der Waals surface area contributed by atoms with Gasteiger partial charge >= 0.3 is 0 Å².